The SMILES string of the molecule is O=C(c1cccc(Br)c1F)N(CC1CCNCC1)C1CC1. The van der Waals surface area contributed by atoms with E-state index < -0.39 is 5.82 Å². The number of hydrogen-bond acceptors (Lipinski definition) is 2. The highest BCUT2D eigenvalue weighted by molar-refractivity contribution is 9.10. The van der Waals surface area contributed by atoms with E-state index in [1.54, 1.807) is 18.2 Å². The molecular formula is C16H20BrFN2O. The van der Waals surface area contributed by atoms with Crippen molar-refractivity contribution in [1.29, 1.82) is 0 Å². The molecule has 2 fully saturated rings. The van der Waals surface area contributed by atoms with Crippen molar-refractivity contribution in [3.63, 3.8) is 0 Å². The van der Waals surface area contributed by atoms with Crippen LogP contribution in [0.5, 0.6) is 0 Å². The molecule has 2 aliphatic rings. The van der Waals surface area contributed by atoms with E-state index in [-0.39, 0.29) is 11.5 Å². The van der Waals surface area contributed by atoms with E-state index in [1.807, 2.05) is 4.90 Å². The smallest absolute Gasteiger partial charge is 0.257 e. The van der Waals surface area contributed by atoms with Crippen LogP contribution in [0.25, 0.3) is 0 Å². The predicted molar refractivity (Wildman–Crippen MR) is 83.8 cm³/mol. The average Bonchev–Trinajstić information content (AvgIpc) is 3.33. The van der Waals surface area contributed by atoms with E-state index >= 15 is 0 Å². The van der Waals surface area contributed by atoms with Gasteiger partial charge in [-0.3, -0.25) is 4.79 Å². The molecule has 0 atom stereocenters. The molecule has 1 saturated carbocycles. The Balaban J connectivity index is 1.76. The maximum Gasteiger partial charge on any atom is 0.257 e. The Morgan fingerprint density at radius 3 is 2.67 bits per heavy atom. The normalized spacial score (nSPS) is 19.5. The maximum atomic E-state index is 14.2. The highest BCUT2D eigenvalue weighted by Crippen LogP contribution is 2.31. The lowest BCUT2D eigenvalue weighted by molar-refractivity contribution is 0.0696. The summed E-state index contributed by atoms with van der Waals surface area (Å²) in [4.78, 5) is 14.6. The van der Waals surface area contributed by atoms with Crippen LogP contribution in [-0.4, -0.2) is 36.5 Å². The standard InChI is InChI=1S/C16H20BrFN2O/c17-14-3-1-2-13(15(14)18)16(21)20(12-4-5-12)10-11-6-8-19-9-7-11/h1-3,11-12,19H,4-10H2. The summed E-state index contributed by atoms with van der Waals surface area (Å²) in [6.07, 6.45) is 4.29. The molecule has 3 nitrogen and oxygen atoms in total. The third-order valence-electron chi connectivity index (χ3n) is 4.34. The summed E-state index contributed by atoms with van der Waals surface area (Å²) in [5, 5.41) is 3.34. The van der Waals surface area contributed by atoms with Crippen molar-refractivity contribution < 1.29 is 9.18 Å². The van der Waals surface area contributed by atoms with Gasteiger partial charge in [0.2, 0.25) is 0 Å². The van der Waals surface area contributed by atoms with E-state index in [9.17, 15) is 9.18 Å². The zero-order chi connectivity index (χ0) is 14.8. The molecule has 0 radical (unpaired) electrons. The first-order valence-corrected chi connectivity index (χ1v) is 8.42. The lowest BCUT2D eigenvalue weighted by atomic mass is 9.97. The molecule has 1 aliphatic heterocycles. The van der Waals surface area contributed by atoms with Gasteiger partial charge in [-0.15, -0.1) is 0 Å². The number of benzene rings is 1. The highest BCUT2D eigenvalue weighted by atomic mass is 79.9. The van der Waals surface area contributed by atoms with Crippen LogP contribution in [0.2, 0.25) is 0 Å². The van der Waals surface area contributed by atoms with Crippen LogP contribution in [0.4, 0.5) is 4.39 Å². The monoisotopic (exact) mass is 354 g/mol. The fourth-order valence-corrected chi connectivity index (χ4v) is 3.32. The molecule has 1 aromatic carbocycles. The van der Waals surface area contributed by atoms with E-state index in [0.29, 0.717) is 16.4 Å². The van der Waals surface area contributed by atoms with Gasteiger partial charge in [-0.25, -0.2) is 4.39 Å². The number of carbonyl (C=O) groups is 1. The number of halogens is 2. The lowest BCUT2D eigenvalue weighted by Crippen LogP contribution is -2.40. The van der Waals surface area contributed by atoms with Gasteiger partial charge in [0.05, 0.1) is 10.0 Å². The van der Waals surface area contributed by atoms with Crippen molar-refractivity contribution in [3.05, 3.63) is 34.1 Å². The Kier molecular flexibility index (Phi) is 4.60. The first-order chi connectivity index (χ1) is 10.2. The number of amides is 1. The number of nitrogens with zero attached hydrogens (tertiary/aromatic N) is 1. The van der Waals surface area contributed by atoms with Crippen molar-refractivity contribution in [1.82, 2.24) is 10.2 Å². The van der Waals surface area contributed by atoms with Gasteiger partial charge < -0.3 is 10.2 Å². The molecule has 1 aliphatic carbocycles. The molecule has 5 heteroatoms. The Morgan fingerprint density at radius 2 is 2.00 bits per heavy atom. The second kappa shape index (κ2) is 6.44. The molecule has 1 heterocycles. The molecule has 1 N–H and O–H groups in total. The van der Waals surface area contributed by atoms with Crippen molar-refractivity contribution in [3.8, 4) is 0 Å². The van der Waals surface area contributed by atoms with Gasteiger partial charge in [0.1, 0.15) is 5.82 Å². The Morgan fingerprint density at radius 1 is 1.29 bits per heavy atom. The number of carbonyl (C=O) groups excluding carboxylic acids is 1. The van der Waals surface area contributed by atoms with Gasteiger partial charge in [0.15, 0.2) is 0 Å². The minimum Gasteiger partial charge on any atom is -0.335 e. The molecule has 0 aromatic heterocycles. The van der Waals surface area contributed by atoms with E-state index in [4.69, 9.17) is 0 Å². The zero-order valence-electron chi connectivity index (χ0n) is 11.9. The fourth-order valence-electron chi connectivity index (χ4n) is 2.95. The van der Waals surface area contributed by atoms with Crippen LogP contribution in [0.1, 0.15) is 36.0 Å². The number of rotatable bonds is 4. The first kappa shape index (κ1) is 15.0. The molecule has 21 heavy (non-hydrogen) atoms. The van der Waals surface area contributed by atoms with Crippen LogP contribution >= 0.6 is 15.9 Å². The molecule has 0 spiro atoms. The molecule has 0 unspecified atom stereocenters. The molecule has 0 bridgehead atoms. The zero-order valence-corrected chi connectivity index (χ0v) is 13.5. The molecule has 1 amide bonds. The number of nitrogens with one attached hydrogen (secondary N) is 1. The third-order valence-corrected chi connectivity index (χ3v) is 4.96. The Labute approximate surface area is 133 Å². The van der Waals surface area contributed by atoms with E-state index in [2.05, 4.69) is 21.2 Å². The van der Waals surface area contributed by atoms with E-state index in [0.717, 1.165) is 45.3 Å². The minimum absolute atomic E-state index is 0.158. The molecule has 114 valence electrons. The summed E-state index contributed by atoms with van der Waals surface area (Å²) in [6, 6.07) is 5.24. The summed E-state index contributed by atoms with van der Waals surface area (Å²) < 4.78 is 14.5. The van der Waals surface area contributed by atoms with Crippen LogP contribution in [-0.2, 0) is 0 Å². The first-order valence-electron chi connectivity index (χ1n) is 7.62. The number of piperidine rings is 1. The highest BCUT2D eigenvalue weighted by Gasteiger charge is 2.35. The fraction of sp³-hybridized carbons (Fsp3) is 0.562. The third kappa shape index (κ3) is 3.46. The van der Waals surface area contributed by atoms with Crippen LogP contribution in [0, 0.1) is 11.7 Å². The number of hydrogen-bond donors (Lipinski definition) is 1. The predicted octanol–water partition coefficient (Wildman–Crippen LogP) is 3.19. The van der Waals surface area contributed by atoms with Crippen LogP contribution < -0.4 is 5.32 Å². The second-order valence-corrected chi connectivity index (χ2v) is 6.84. The van der Waals surface area contributed by atoms with Crippen LogP contribution in [0.15, 0.2) is 22.7 Å². The molecule has 1 aromatic rings. The Hall–Kier alpha value is -0.940. The molecule has 1 saturated heterocycles. The van der Waals surface area contributed by atoms with Gasteiger partial charge >= 0.3 is 0 Å². The van der Waals surface area contributed by atoms with Gasteiger partial charge in [0.25, 0.3) is 5.91 Å². The Bertz CT molecular complexity index is 527. The van der Waals surface area contributed by atoms with Crippen LogP contribution in [0.3, 0.4) is 0 Å². The average molecular weight is 355 g/mol. The van der Waals surface area contributed by atoms with Gasteiger partial charge in [-0.05, 0) is 72.8 Å². The summed E-state index contributed by atoms with van der Waals surface area (Å²) in [5.41, 5.74) is 0.185. The summed E-state index contributed by atoms with van der Waals surface area (Å²) in [7, 11) is 0. The summed E-state index contributed by atoms with van der Waals surface area (Å²) in [5.74, 6) is -0.0701. The van der Waals surface area contributed by atoms with Gasteiger partial charge in [-0.1, -0.05) is 6.07 Å². The molecular weight excluding hydrogens is 335 g/mol. The van der Waals surface area contributed by atoms with Crippen molar-refractivity contribution in [2.24, 2.45) is 5.92 Å². The van der Waals surface area contributed by atoms with Gasteiger partial charge in [0, 0.05) is 12.6 Å². The van der Waals surface area contributed by atoms with Gasteiger partial charge in [-0.2, -0.15) is 0 Å². The molecule has 3 rings (SSSR count). The topological polar surface area (TPSA) is 32.3 Å². The largest absolute Gasteiger partial charge is 0.335 e. The summed E-state index contributed by atoms with van der Waals surface area (Å²) in [6.45, 7) is 2.79. The second-order valence-electron chi connectivity index (χ2n) is 5.98. The summed E-state index contributed by atoms with van der Waals surface area (Å²) >= 11 is 3.16. The van der Waals surface area contributed by atoms with Crippen molar-refractivity contribution in [2.45, 2.75) is 31.7 Å². The lowest BCUT2D eigenvalue weighted by Gasteiger charge is -2.30. The van der Waals surface area contributed by atoms with Crippen molar-refractivity contribution in [2.75, 3.05) is 19.6 Å². The maximum absolute atomic E-state index is 14.2. The van der Waals surface area contributed by atoms with E-state index in [1.165, 1.54) is 0 Å². The minimum atomic E-state index is -0.446. The quantitative estimate of drug-likeness (QED) is 0.900. The van der Waals surface area contributed by atoms with Crippen molar-refractivity contribution >= 4 is 21.8 Å².